The molecular formula is C12H14N6. The van der Waals surface area contributed by atoms with Crippen molar-refractivity contribution in [3.05, 3.63) is 42.0 Å². The molecule has 1 aromatic carbocycles. The number of aryl methyl sites for hydroxylation is 1. The molecule has 0 bridgehead atoms. The fourth-order valence-electron chi connectivity index (χ4n) is 1.99. The summed E-state index contributed by atoms with van der Waals surface area (Å²) in [6.07, 6.45) is 1.85. The first-order valence-electron chi connectivity index (χ1n) is 5.77. The Kier molecular flexibility index (Phi) is 2.56. The minimum atomic E-state index is 0.405. The standard InChI is InChI=1S/C12H14N6/c1-17-11-5-3-2-4-10(11)14-12(17)8-18-7-9(6-13)15-16-18/h2-5,7H,6,8,13H2,1H3. The molecule has 6 heteroatoms. The molecule has 2 N–H and O–H groups in total. The van der Waals surface area contributed by atoms with Gasteiger partial charge in [-0.15, -0.1) is 5.10 Å². The number of rotatable bonds is 3. The monoisotopic (exact) mass is 242 g/mol. The Morgan fingerprint density at radius 1 is 1.28 bits per heavy atom. The molecule has 0 aliphatic heterocycles. The molecule has 0 saturated heterocycles. The van der Waals surface area contributed by atoms with E-state index >= 15 is 0 Å². The van der Waals surface area contributed by atoms with Crippen molar-refractivity contribution in [3.63, 3.8) is 0 Å². The number of imidazole rings is 1. The maximum absolute atomic E-state index is 5.51. The first-order valence-corrected chi connectivity index (χ1v) is 5.77. The maximum atomic E-state index is 5.51. The molecule has 2 aromatic heterocycles. The lowest BCUT2D eigenvalue weighted by atomic mass is 10.3. The largest absolute Gasteiger partial charge is 0.330 e. The summed E-state index contributed by atoms with van der Waals surface area (Å²) in [6.45, 7) is 1.00. The smallest absolute Gasteiger partial charge is 0.131 e. The zero-order valence-corrected chi connectivity index (χ0v) is 10.1. The van der Waals surface area contributed by atoms with Crippen LogP contribution in [0.5, 0.6) is 0 Å². The van der Waals surface area contributed by atoms with Crippen molar-refractivity contribution in [1.82, 2.24) is 24.5 Å². The van der Waals surface area contributed by atoms with Crippen LogP contribution in [-0.2, 0) is 20.1 Å². The molecule has 0 aliphatic rings. The average Bonchev–Trinajstić information content (AvgIpc) is 2.97. The first-order chi connectivity index (χ1) is 8.78. The Hall–Kier alpha value is -2.21. The summed E-state index contributed by atoms with van der Waals surface area (Å²) in [7, 11) is 2.01. The van der Waals surface area contributed by atoms with Gasteiger partial charge in [0.2, 0.25) is 0 Å². The quantitative estimate of drug-likeness (QED) is 0.732. The van der Waals surface area contributed by atoms with E-state index in [4.69, 9.17) is 5.73 Å². The highest BCUT2D eigenvalue weighted by Gasteiger charge is 2.08. The highest BCUT2D eigenvalue weighted by molar-refractivity contribution is 5.75. The second-order valence-corrected chi connectivity index (χ2v) is 4.19. The van der Waals surface area contributed by atoms with E-state index in [-0.39, 0.29) is 0 Å². The van der Waals surface area contributed by atoms with Crippen LogP contribution in [0, 0.1) is 0 Å². The minimum absolute atomic E-state index is 0.405. The molecule has 0 fully saturated rings. The van der Waals surface area contributed by atoms with Gasteiger partial charge >= 0.3 is 0 Å². The van der Waals surface area contributed by atoms with Gasteiger partial charge in [0.25, 0.3) is 0 Å². The van der Waals surface area contributed by atoms with Crippen molar-refractivity contribution >= 4 is 11.0 Å². The summed E-state index contributed by atoms with van der Waals surface area (Å²) in [4.78, 5) is 4.59. The third-order valence-corrected chi connectivity index (χ3v) is 2.98. The van der Waals surface area contributed by atoms with Gasteiger partial charge in [0.1, 0.15) is 12.4 Å². The number of hydrogen-bond acceptors (Lipinski definition) is 4. The van der Waals surface area contributed by atoms with E-state index < -0.39 is 0 Å². The summed E-state index contributed by atoms with van der Waals surface area (Å²) in [5, 5.41) is 7.99. The van der Waals surface area contributed by atoms with Crippen LogP contribution in [0.2, 0.25) is 0 Å². The second-order valence-electron chi connectivity index (χ2n) is 4.19. The third kappa shape index (κ3) is 1.76. The fourth-order valence-corrected chi connectivity index (χ4v) is 1.99. The number of para-hydroxylation sites is 2. The van der Waals surface area contributed by atoms with Crippen LogP contribution in [0.3, 0.4) is 0 Å². The predicted molar refractivity (Wildman–Crippen MR) is 67.7 cm³/mol. The van der Waals surface area contributed by atoms with Crippen LogP contribution in [0.1, 0.15) is 11.5 Å². The fraction of sp³-hybridized carbons (Fsp3) is 0.250. The number of hydrogen-bond donors (Lipinski definition) is 1. The molecule has 0 amide bonds. The maximum Gasteiger partial charge on any atom is 0.131 e. The number of fused-ring (bicyclic) bond motifs is 1. The number of aromatic nitrogens is 5. The molecule has 0 spiro atoms. The normalized spacial score (nSPS) is 11.2. The number of nitrogens with two attached hydrogens (primary N) is 1. The molecule has 3 aromatic rings. The van der Waals surface area contributed by atoms with E-state index in [9.17, 15) is 0 Å². The van der Waals surface area contributed by atoms with Crippen molar-refractivity contribution in [2.45, 2.75) is 13.1 Å². The van der Waals surface area contributed by atoms with Gasteiger partial charge < -0.3 is 10.3 Å². The van der Waals surface area contributed by atoms with Gasteiger partial charge in [-0.2, -0.15) is 0 Å². The van der Waals surface area contributed by atoms with E-state index in [1.54, 1.807) is 4.68 Å². The molecule has 0 saturated carbocycles. The van der Waals surface area contributed by atoms with Gasteiger partial charge in [0, 0.05) is 13.6 Å². The Morgan fingerprint density at radius 2 is 2.11 bits per heavy atom. The summed E-state index contributed by atoms with van der Waals surface area (Å²) in [5.41, 5.74) is 8.41. The molecule has 0 atom stereocenters. The summed E-state index contributed by atoms with van der Waals surface area (Å²) in [5.74, 6) is 0.949. The topological polar surface area (TPSA) is 74.5 Å². The van der Waals surface area contributed by atoms with E-state index in [2.05, 4.69) is 25.9 Å². The lowest BCUT2D eigenvalue weighted by Gasteiger charge is -2.01. The number of nitrogens with zero attached hydrogens (tertiary/aromatic N) is 5. The average molecular weight is 242 g/mol. The number of benzene rings is 1. The summed E-state index contributed by atoms with van der Waals surface area (Å²) < 4.78 is 3.82. The Morgan fingerprint density at radius 3 is 2.83 bits per heavy atom. The van der Waals surface area contributed by atoms with Gasteiger partial charge in [-0.1, -0.05) is 17.3 Å². The molecule has 2 heterocycles. The third-order valence-electron chi connectivity index (χ3n) is 2.98. The molecule has 3 rings (SSSR count). The van der Waals surface area contributed by atoms with Crippen LogP contribution >= 0.6 is 0 Å². The van der Waals surface area contributed by atoms with E-state index in [1.807, 2.05) is 31.4 Å². The lowest BCUT2D eigenvalue weighted by Crippen LogP contribution is -2.06. The second kappa shape index (κ2) is 4.23. The summed E-state index contributed by atoms with van der Waals surface area (Å²) in [6, 6.07) is 8.06. The SMILES string of the molecule is Cn1c(Cn2cc(CN)nn2)nc2ccccc21. The predicted octanol–water partition coefficient (Wildman–Crippen LogP) is 0.672. The van der Waals surface area contributed by atoms with Crippen molar-refractivity contribution in [2.75, 3.05) is 0 Å². The minimum Gasteiger partial charge on any atom is -0.330 e. The zero-order chi connectivity index (χ0) is 12.5. The summed E-state index contributed by atoms with van der Waals surface area (Å²) >= 11 is 0. The Labute approximate surface area is 104 Å². The van der Waals surface area contributed by atoms with Crippen molar-refractivity contribution in [1.29, 1.82) is 0 Å². The van der Waals surface area contributed by atoms with Crippen molar-refractivity contribution in [2.24, 2.45) is 12.8 Å². The Balaban J connectivity index is 1.97. The highest BCUT2D eigenvalue weighted by Crippen LogP contribution is 2.14. The molecule has 0 radical (unpaired) electrons. The van der Waals surface area contributed by atoms with Crippen LogP contribution in [0.4, 0.5) is 0 Å². The van der Waals surface area contributed by atoms with E-state index in [0.717, 1.165) is 22.6 Å². The van der Waals surface area contributed by atoms with E-state index in [1.165, 1.54) is 0 Å². The molecule has 6 nitrogen and oxygen atoms in total. The van der Waals surface area contributed by atoms with Crippen LogP contribution in [0.15, 0.2) is 30.5 Å². The van der Waals surface area contributed by atoms with Gasteiger partial charge in [-0.25, -0.2) is 9.67 Å². The van der Waals surface area contributed by atoms with E-state index in [0.29, 0.717) is 13.1 Å². The van der Waals surface area contributed by atoms with Crippen molar-refractivity contribution < 1.29 is 0 Å². The zero-order valence-electron chi connectivity index (χ0n) is 10.1. The molecule has 18 heavy (non-hydrogen) atoms. The molecular weight excluding hydrogens is 228 g/mol. The van der Waals surface area contributed by atoms with Crippen molar-refractivity contribution in [3.8, 4) is 0 Å². The highest BCUT2D eigenvalue weighted by atomic mass is 15.4. The lowest BCUT2D eigenvalue weighted by molar-refractivity contribution is 0.610. The Bertz CT molecular complexity index is 681. The van der Waals surface area contributed by atoms with Crippen LogP contribution in [0.25, 0.3) is 11.0 Å². The molecule has 92 valence electrons. The molecule has 0 unspecified atom stereocenters. The van der Waals surface area contributed by atoms with Crippen LogP contribution < -0.4 is 5.73 Å². The first kappa shape index (κ1) is 10.9. The van der Waals surface area contributed by atoms with Gasteiger partial charge in [-0.3, -0.25) is 0 Å². The van der Waals surface area contributed by atoms with Gasteiger partial charge in [0.15, 0.2) is 0 Å². The van der Waals surface area contributed by atoms with Crippen LogP contribution in [-0.4, -0.2) is 24.5 Å². The molecule has 0 aliphatic carbocycles. The van der Waals surface area contributed by atoms with Gasteiger partial charge in [-0.05, 0) is 12.1 Å². The van der Waals surface area contributed by atoms with Gasteiger partial charge in [0.05, 0.1) is 22.9 Å².